The van der Waals surface area contributed by atoms with Gasteiger partial charge in [-0.3, -0.25) is 4.55 Å². The van der Waals surface area contributed by atoms with Crippen LogP contribution in [-0.4, -0.2) is 31.8 Å². The van der Waals surface area contributed by atoms with Crippen LogP contribution in [0.5, 0.6) is 0 Å². The smallest absolute Gasteiger partial charge is 0.272 e. The van der Waals surface area contributed by atoms with E-state index in [4.69, 9.17) is 4.55 Å². The summed E-state index contributed by atoms with van der Waals surface area (Å²) in [5.74, 6) is 0. The lowest BCUT2D eigenvalue weighted by atomic mass is 9.96. The predicted octanol–water partition coefficient (Wildman–Crippen LogP) is 0.402. The fourth-order valence-corrected chi connectivity index (χ4v) is 3.02. The molecule has 7 nitrogen and oxygen atoms in total. The maximum Gasteiger partial charge on any atom is 0.356 e. The molecule has 1 fully saturated rings. The summed E-state index contributed by atoms with van der Waals surface area (Å²) in [5.41, 5.74) is 0. The van der Waals surface area contributed by atoms with Crippen LogP contribution in [0.4, 0.5) is 0 Å². The summed E-state index contributed by atoms with van der Waals surface area (Å²) in [6, 6.07) is -0.549. The second-order valence-corrected chi connectivity index (χ2v) is 5.21. The molecule has 0 heterocycles. The van der Waals surface area contributed by atoms with Crippen LogP contribution in [0, 0.1) is 0 Å². The third-order valence-corrected chi connectivity index (χ3v) is 3.54. The van der Waals surface area contributed by atoms with Crippen LogP contribution in [0.3, 0.4) is 0 Å². The Morgan fingerprint density at radius 2 is 1.73 bits per heavy atom. The van der Waals surface area contributed by atoms with E-state index in [0.29, 0.717) is 12.8 Å². The van der Waals surface area contributed by atoms with Crippen molar-refractivity contribution in [3.05, 3.63) is 0 Å². The molecule has 1 aliphatic rings. The van der Waals surface area contributed by atoms with Gasteiger partial charge in [-0.15, -0.1) is 0 Å². The van der Waals surface area contributed by atoms with E-state index in [-0.39, 0.29) is 4.41 Å². The molecule has 88 valence electrons. The van der Waals surface area contributed by atoms with Crippen molar-refractivity contribution < 1.29 is 21.4 Å². The quantitative estimate of drug-likeness (QED) is 0.581. The third kappa shape index (κ3) is 3.86. The zero-order chi connectivity index (χ0) is 11.5. The summed E-state index contributed by atoms with van der Waals surface area (Å²) < 4.78 is 54.4. The minimum atomic E-state index is -4.59. The Morgan fingerprint density at radius 1 is 1.20 bits per heavy atom. The van der Waals surface area contributed by atoms with E-state index < -0.39 is 26.8 Å². The van der Waals surface area contributed by atoms with Crippen LogP contribution >= 0.6 is 0 Å². The highest BCUT2D eigenvalue weighted by Crippen LogP contribution is 2.24. The summed E-state index contributed by atoms with van der Waals surface area (Å²) in [6.45, 7) is 0. The Morgan fingerprint density at radius 3 is 2.13 bits per heavy atom. The zero-order valence-corrected chi connectivity index (χ0v) is 9.54. The Balaban J connectivity index is 2.95. The summed E-state index contributed by atoms with van der Waals surface area (Å²) in [6.07, 6.45) is 3.62. The highest BCUT2D eigenvalue weighted by atomic mass is 32.2. The SMILES string of the molecule is O=S(=O)=NN(C1CCCCC1)S(=O)(=O)O. The summed E-state index contributed by atoms with van der Waals surface area (Å²) in [4.78, 5) is 0. The van der Waals surface area contributed by atoms with Crippen molar-refractivity contribution in [3.63, 3.8) is 0 Å². The molecular formula is C6H12N2O5S2. The van der Waals surface area contributed by atoms with E-state index in [9.17, 15) is 16.8 Å². The van der Waals surface area contributed by atoms with E-state index >= 15 is 0 Å². The summed E-state index contributed by atoms with van der Waals surface area (Å²) in [5, 5.41) is 0. The van der Waals surface area contributed by atoms with Gasteiger partial charge in [0, 0.05) is 0 Å². The molecule has 1 aliphatic carbocycles. The van der Waals surface area contributed by atoms with Crippen LogP contribution in [0.25, 0.3) is 0 Å². The lowest BCUT2D eigenvalue weighted by Gasteiger charge is -2.25. The second-order valence-electron chi connectivity index (χ2n) is 3.34. The lowest BCUT2D eigenvalue weighted by Crippen LogP contribution is -2.36. The first kappa shape index (κ1) is 12.6. The van der Waals surface area contributed by atoms with Gasteiger partial charge in [0.1, 0.15) is 0 Å². The third-order valence-electron chi connectivity index (χ3n) is 2.27. The minimum Gasteiger partial charge on any atom is -0.272 e. The van der Waals surface area contributed by atoms with E-state index in [1.807, 2.05) is 0 Å². The molecule has 0 amide bonds. The van der Waals surface area contributed by atoms with Crippen molar-refractivity contribution >= 4 is 20.8 Å². The molecule has 0 aromatic carbocycles. The fourth-order valence-electron chi connectivity index (χ4n) is 1.66. The first-order valence-electron chi connectivity index (χ1n) is 4.49. The number of hydrogen-bond acceptors (Lipinski definition) is 5. The first-order chi connectivity index (χ1) is 6.91. The number of nitrogens with zero attached hydrogens (tertiary/aromatic N) is 2. The second kappa shape index (κ2) is 5.01. The van der Waals surface area contributed by atoms with Gasteiger partial charge in [0.05, 0.1) is 6.04 Å². The molecule has 0 aromatic rings. The molecule has 0 aromatic heterocycles. The van der Waals surface area contributed by atoms with Crippen molar-refractivity contribution in [2.24, 2.45) is 4.47 Å². The zero-order valence-electron chi connectivity index (χ0n) is 7.90. The molecule has 0 unspecified atom stereocenters. The molecule has 0 atom stereocenters. The van der Waals surface area contributed by atoms with Gasteiger partial charge in [0.15, 0.2) is 0 Å². The maximum absolute atomic E-state index is 10.9. The molecule has 1 N–H and O–H groups in total. The van der Waals surface area contributed by atoms with Crippen LogP contribution in [0.2, 0.25) is 0 Å². The summed E-state index contributed by atoms with van der Waals surface area (Å²) >= 11 is 0. The standard InChI is InChI=1S/C6H12N2O5S2/c9-14(10)7-8(15(11,12)13)6-4-2-1-3-5-6/h6H,1-5H2,(H,11,12,13). The highest BCUT2D eigenvalue weighted by molar-refractivity contribution is 7.83. The van der Waals surface area contributed by atoms with Crippen LogP contribution < -0.4 is 0 Å². The number of hydrogen-bond donors (Lipinski definition) is 1. The molecule has 15 heavy (non-hydrogen) atoms. The average molecular weight is 256 g/mol. The monoisotopic (exact) mass is 256 g/mol. The van der Waals surface area contributed by atoms with E-state index in [1.54, 1.807) is 0 Å². The van der Waals surface area contributed by atoms with Crippen LogP contribution in [-0.2, 0) is 20.8 Å². The average Bonchev–Trinajstić information content (AvgIpc) is 2.14. The Kier molecular flexibility index (Phi) is 4.20. The maximum atomic E-state index is 10.9. The lowest BCUT2D eigenvalue weighted by molar-refractivity contribution is 0.241. The molecule has 1 saturated carbocycles. The van der Waals surface area contributed by atoms with Gasteiger partial charge in [-0.1, -0.05) is 28.1 Å². The van der Waals surface area contributed by atoms with Gasteiger partial charge in [0.2, 0.25) is 0 Å². The van der Waals surface area contributed by atoms with E-state index in [0.717, 1.165) is 19.3 Å². The highest BCUT2D eigenvalue weighted by Gasteiger charge is 2.30. The van der Waals surface area contributed by atoms with Crippen molar-refractivity contribution in [2.45, 2.75) is 38.1 Å². The van der Waals surface area contributed by atoms with Crippen molar-refractivity contribution in [2.75, 3.05) is 0 Å². The van der Waals surface area contributed by atoms with Gasteiger partial charge in [-0.2, -0.15) is 16.8 Å². The Bertz CT molecular complexity index is 426. The topological polar surface area (TPSA) is 104 Å². The van der Waals surface area contributed by atoms with Crippen molar-refractivity contribution in [1.82, 2.24) is 4.41 Å². The van der Waals surface area contributed by atoms with Crippen LogP contribution in [0.15, 0.2) is 4.47 Å². The van der Waals surface area contributed by atoms with E-state index in [2.05, 4.69) is 4.47 Å². The minimum absolute atomic E-state index is 0.287. The van der Waals surface area contributed by atoms with E-state index in [1.165, 1.54) is 0 Å². The fraction of sp³-hybridized carbons (Fsp3) is 1.00. The molecule has 1 rings (SSSR count). The Labute approximate surface area is 89.6 Å². The molecule has 0 spiro atoms. The van der Waals surface area contributed by atoms with Crippen molar-refractivity contribution in [3.8, 4) is 0 Å². The van der Waals surface area contributed by atoms with Gasteiger partial charge >= 0.3 is 20.8 Å². The predicted molar refractivity (Wildman–Crippen MR) is 51.6 cm³/mol. The molecule has 9 heteroatoms. The van der Waals surface area contributed by atoms with Gasteiger partial charge in [-0.05, 0) is 12.8 Å². The largest absolute Gasteiger partial charge is 0.356 e. The molecule has 0 bridgehead atoms. The number of rotatable bonds is 3. The van der Waals surface area contributed by atoms with Gasteiger partial charge in [-0.25, -0.2) is 0 Å². The van der Waals surface area contributed by atoms with Crippen LogP contribution in [0.1, 0.15) is 32.1 Å². The normalized spacial score (nSPS) is 19.1. The van der Waals surface area contributed by atoms with Gasteiger partial charge < -0.3 is 0 Å². The van der Waals surface area contributed by atoms with Crippen molar-refractivity contribution in [1.29, 1.82) is 0 Å². The molecule has 0 aliphatic heterocycles. The summed E-state index contributed by atoms with van der Waals surface area (Å²) in [7, 11) is -7.47. The van der Waals surface area contributed by atoms with Gasteiger partial charge in [0.25, 0.3) is 0 Å². The molecule has 0 radical (unpaired) electrons. The Hall–Kier alpha value is -0.510. The molecular weight excluding hydrogens is 244 g/mol. The first-order valence-corrected chi connectivity index (χ1v) is 6.92. The molecule has 0 saturated heterocycles.